The van der Waals surface area contributed by atoms with Gasteiger partial charge in [0, 0.05) is 11.6 Å². The van der Waals surface area contributed by atoms with Crippen molar-refractivity contribution in [1.29, 1.82) is 0 Å². The molecule has 94 valence electrons. The Morgan fingerprint density at radius 3 is 2.53 bits per heavy atom. The van der Waals surface area contributed by atoms with Crippen LogP contribution in [0.4, 0.5) is 0 Å². The monoisotopic (exact) mass is 251 g/mol. The maximum absolute atomic E-state index is 6.29. The lowest BCUT2D eigenvalue weighted by molar-refractivity contribution is 0.185. The van der Waals surface area contributed by atoms with E-state index in [-0.39, 0.29) is 0 Å². The van der Waals surface area contributed by atoms with Crippen LogP contribution in [0.5, 0.6) is 0 Å². The Kier molecular flexibility index (Phi) is 4.47. The van der Waals surface area contributed by atoms with E-state index in [1.165, 1.54) is 37.7 Å². The smallest absolute Gasteiger partial charge is 0.0438 e. The molecule has 2 rings (SSSR count). The third kappa shape index (κ3) is 3.23. The van der Waals surface area contributed by atoms with E-state index in [1.807, 2.05) is 12.1 Å². The summed E-state index contributed by atoms with van der Waals surface area (Å²) in [6.45, 7) is 1.11. The normalized spacial score (nSPS) is 19.2. The summed E-state index contributed by atoms with van der Waals surface area (Å²) in [6, 6.07) is 8.29. The van der Waals surface area contributed by atoms with Gasteiger partial charge in [0.25, 0.3) is 0 Å². The number of rotatable bonds is 4. The zero-order valence-corrected chi connectivity index (χ0v) is 11.4. The highest BCUT2D eigenvalue weighted by molar-refractivity contribution is 6.31. The minimum Gasteiger partial charge on any atom is -0.319 e. The lowest BCUT2D eigenvalue weighted by atomic mass is 9.70. The van der Waals surface area contributed by atoms with Gasteiger partial charge in [0.2, 0.25) is 0 Å². The van der Waals surface area contributed by atoms with Gasteiger partial charge in [0.15, 0.2) is 0 Å². The predicted octanol–water partition coefficient (Wildman–Crippen LogP) is 4.05. The van der Waals surface area contributed by atoms with Crippen molar-refractivity contribution >= 4 is 11.6 Å². The van der Waals surface area contributed by atoms with Crippen molar-refractivity contribution in [3.05, 3.63) is 34.9 Å². The highest BCUT2D eigenvalue weighted by Gasteiger charge is 2.31. The molecule has 0 bridgehead atoms. The summed E-state index contributed by atoms with van der Waals surface area (Å²) in [5, 5.41) is 4.30. The summed E-state index contributed by atoms with van der Waals surface area (Å²) in [5.41, 5.74) is 1.74. The molecule has 1 aromatic rings. The van der Waals surface area contributed by atoms with Crippen molar-refractivity contribution in [3.8, 4) is 0 Å². The van der Waals surface area contributed by atoms with Crippen LogP contribution in [0.25, 0.3) is 0 Å². The number of benzene rings is 1. The number of nitrogens with one attached hydrogen (secondary N) is 1. The molecule has 0 amide bonds. The quantitative estimate of drug-likeness (QED) is 0.851. The maximum Gasteiger partial charge on any atom is 0.0438 e. The number of halogens is 1. The molecule has 1 aliphatic carbocycles. The second-order valence-electron chi connectivity index (χ2n) is 5.36. The standard InChI is InChI=1S/C15H22ClN/c1-17-12-15(9-5-2-6-10-15)11-13-7-3-4-8-14(13)16/h3-4,7-8,17H,2,5-6,9-12H2,1H3. The molecular weight excluding hydrogens is 230 g/mol. The van der Waals surface area contributed by atoms with Crippen molar-refractivity contribution in [3.63, 3.8) is 0 Å². The molecule has 0 aliphatic heterocycles. The molecule has 1 N–H and O–H groups in total. The molecule has 0 atom stereocenters. The predicted molar refractivity (Wildman–Crippen MR) is 74.6 cm³/mol. The molecule has 1 fully saturated rings. The molecule has 1 aromatic carbocycles. The first-order chi connectivity index (χ1) is 8.26. The summed E-state index contributed by atoms with van der Waals surface area (Å²) >= 11 is 6.29. The van der Waals surface area contributed by atoms with Gasteiger partial charge in [-0.2, -0.15) is 0 Å². The van der Waals surface area contributed by atoms with Crippen LogP contribution < -0.4 is 5.32 Å². The van der Waals surface area contributed by atoms with E-state index < -0.39 is 0 Å². The maximum atomic E-state index is 6.29. The van der Waals surface area contributed by atoms with Gasteiger partial charge >= 0.3 is 0 Å². The first-order valence-corrected chi connectivity index (χ1v) is 7.02. The van der Waals surface area contributed by atoms with E-state index >= 15 is 0 Å². The third-order valence-electron chi connectivity index (χ3n) is 3.99. The molecule has 0 radical (unpaired) electrons. The summed E-state index contributed by atoms with van der Waals surface area (Å²) in [7, 11) is 2.06. The van der Waals surface area contributed by atoms with Gasteiger partial charge < -0.3 is 5.32 Å². The van der Waals surface area contributed by atoms with Crippen LogP contribution in [-0.4, -0.2) is 13.6 Å². The van der Waals surface area contributed by atoms with E-state index in [0.29, 0.717) is 5.41 Å². The number of hydrogen-bond acceptors (Lipinski definition) is 1. The minimum atomic E-state index is 0.429. The van der Waals surface area contributed by atoms with Gasteiger partial charge in [-0.25, -0.2) is 0 Å². The average molecular weight is 252 g/mol. The first kappa shape index (κ1) is 12.9. The third-order valence-corrected chi connectivity index (χ3v) is 4.36. The van der Waals surface area contributed by atoms with E-state index in [1.54, 1.807) is 0 Å². The van der Waals surface area contributed by atoms with Crippen LogP contribution in [0.2, 0.25) is 5.02 Å². The first-order valence-electron chi connectivity index (χ1n) is 6.64. The lowest BCUT2D eigenvalue weighted by Gasteiger charge is -2.37. The summed E-state index contributed by atoms with van der Waals surface area (Å²) in [5.74, 6) is 0. The highest BCUT2D eigenvalue weighted by atomic mass is 35.5. The average Bonchev–Trinajstić information content (AvgIpc) is 2.34. The second kappa shape index (κ2) is 5.88. The summed E-state index contributed by atoms with van der Waals surface area (Å²) in [6.07, 6.45) is 7.91. The van der Waals surface area contributed by atoms with E-state index in [0.717, 1.165) is 18.0 Å². The van der Waals surface area contributed by atoms with E-state index in [2.05, 4.69) is 24.5 Å². The van der Waals surface area contributed by atoms with Crippen LogP contribution >= 0.6 is 11.6 Å². The van der Waals surface area contributed by atoms with Crippen LogP contribution in [0.1, 0.15) is 37.7 Å². The topological polar surface area (TPSA) is 12.0 Å². The van der Waals surface area contributed by atoms with Gasteiger partial charge in [-0.1, -0.05) is 49.1 Å². The van der Waals surface area contributed by atoms with Crippen molar-refractivity contribution < 1.29 is 0 Å². The zero-order valence-electron chi connectivity index (χ0n) is 10.6. The van der Waals surface area contributed by atoms with Crippen molar-refractivity contribution in [2.24, 2.45) is 5.41 Å². The molecular formula is C15H22ClN. The van der Waals surface area contributed by atoms with Gasteiger partial charge in [-0.05, 0) is 43.4 Å². The van der Waals surface area contributed by atoms with Gasteiger partial charge in [0.1, 0.15) is 0 Å². The van der Waals surface area contributed by atoms with E-state index in [4.69, 9.17) is 11.6 Å². The molecule has 0 saturated heterocycles. The number of hydrogen-bond donors (Lipinski definition) is 1. The molecule has 1 aliphatic rings. The van der Waals surface area contributed by atoms with E-state index in [9.17, 15) is 0 Å². The zero-order chi connectivity index (χ0) is 12.1. The highest BCUT2D eigenvalue weighted by Crippen LogP contribution is 2.39. The van der Waals surface area contributed by atoms with Crippen molar-refractivity contribution in [2.45, 2.75) is 38.5 Å². The Morgan fingerprint density at radius 2 is 1.88 bits per heavy atom. The Balaban J connectivity index is 2.14. The molecule has 1 saturated carbocycles. The second-order valence-corrected chi connectivity index (χ2v) is 5.77. The van der Waals surface area contributed by atoms with Gasteiger partial charge in [0.05, 0.1) is 0 Å². The summed E-state index contributed by atoms with van der Waals surface area (Å²) in [4.78, 5) is 0. The van der Waals surface area contributed by atoms with Crippen LogP contribution in [0.15, 0.2) is 24.3 Å². The Morgan fingerprint density at radius 1 is 1.18 bits per heavy atom. The molecule has 17 heavy (non-hydrogen) atoms. The molecule has 2 heteroatoms. The van der Waals surface area contributed by atoms with Crippen LogP contribution in [0.3, 0.4) is 0 Å². The molecule has 0 heterocycles. The van der Waals surface area contributed by atoms with Gasteiger partial charge in [-0.15, -0.1) is 0 Å². The minimum absolute atomic E-state index is 0.429. The Hall–Kier alpha value is -0.530. The van der Waals surface area contributed by atoms with Gasteiger partial charge in [-0.3, -0.25) is 0 Å². The SMILES string of the molecule is CNCC1(Cc2ccccc2Cl)CCCCC1. The lowest BCUT2D eigenvalue weighted by Crippen LogP contribution is -2.36. The fourth-order valence-corrected chi connectivity index (χ4v) is 3.34. The van der Waals surface area contributed by atoms with Crippen molar-refractivity contribution in [2.75, 3.05) is 13.6 Å². The fourth-order valence-electron chi connectivity index (χ4n) is 3.14. The molecule has 1 nitrogen and oxygen atoms in total. The Bertz CT molecular complexity index is 350. The molecule has 0 spiro atoms. The molecule has 0 unspecified atom stereocenters. The largest absolute Gasteiger partial charge is 0.319 e. The molecule has 0 aromatic heterocycles. The Labute approximate surface area is 110 Å². The van der Waals surface area contributed by atoms with Crippen LogP contribution in [0, 0.1) is 5.41 Å². The summed E-state index contributed by atoms with van der Waals surface area (Å²) < 4.78 is 0. The van der Waals surface area contributed by atoms with Crippen molar-refractivity contribution in [1.82, 2.24) is 5.32 Å². The van der Waals surface area contributed by atoms with Crippen LogP contribution in [-0.2, 0) is 6.42 Å². The fraction of sp³-hybridized carbons (Fsp3) is 0.600.